The topological polar surface area (TPSA) is 100 Å². The molecule has 0 amide bonds. The average Bonchev–Trinajstić information content (AvgIpc) is 2.71. The van der Waals surface area contributed by atoms with Crippen molar-refractivity contribution in [3.8, 4) is 0 Å². The molecule has 0 radical (unpaired) electrons. The Morgan fingerprint density at radius 1 is 1.56 bits per heavy atom. The predicted molar refractivity (Wildman–Crippen MR) is 51.9 cm³/mol. The molecule has 1 atom stereocenters. The van der Waals surface area contributed by atoms with Gasteiger partial charge >= 0.3 is 12.1 Å². The summed E-state index contributed by atoms with van der Waals surface area (Å²) < 4.78 is 36.9. The summed E-state index contributed by atoms with van der Waals surface area (Å²) in [6.07, 6.45) is -5.93. The highest BCUT2D eigenvalue weighted by Crippen LogP contribution is 2.18. The lowest BCUT2D eigenvalue weighted by Crippen LogP contribution is -2.39. The van der Waals surface area contributed by atoms with Crippen LogP contribution in [0.1, 0.15) is 10.5 Å². The third kappa shape index (κ3) is 4.30. The third-order valence-corrected chi connectivity index (χ3v) is 1.99. The smallest absolute Gasteiger partial charge is 0.415 e. The zero-order valence-electron chi connectivity index (χ0n) is 9.05. The van der Waals surface area contributed by atoms with E-state index in [0.717, 1.165) is 6.20 Å². The highest BCUT2D eigenvalue weighted by molar-refractivity contribution is 5.84. The molecule has 0 aromatic carbocycles. The average molecular weight is 268 g/mol. The second kappa shape index (κ2) is 5.78. The SMILES string of the molecule is O=C(O)c1cn(CCNCC(O)C(F)(F)F)nn1. The van der Waals surface area contributed by atoms with E-state index in [1.165, 1.54) is 4.68 Å². The summed E-state index contributed by atoms with van der Waals surface area (Å²) in [7, 11) is 0. The summed E-state index contributed by atoms with van der Waals surface area (Å²) >= 11 is 0. The Balaban J connectivity index is 2.27. The number of nitrogens with zero attached hydrogens (tertiary/aromatic N) is 3. The van der Waals surface area contributed by atoms with Gasteiger partial charge < -0.3 is 15.5 Å². The van der Waals surface area contributed by atoms with E-state index in [1.54, 1.807) is 0 Å². The van der Waals surface area contributed by atoms with Crippen molar-refractivity contribution in [3.63, 3.8) is 0 Å². The van der Waals surface area contributed by atoms with Gasteiger partial charge in [-0.15, -0.1) is 5.10 Å². The van der Waals surface area contributed by atoms with Crippen molar-refractivity contribution in [1.29, 1.82) is 0 Å². The fourth-order valence-corrected chi connectivity index (χ4v) is 1.05. The number of aromatic carboxylic acids is 1. The highest BCUT2D eigenvalue weighted by Gasteiger charge is 2.37. The number of aromatic nitrogens is 3. The molecule has 1 aromatic heterocycles. The molecule has 1 rings (SSSR count). The lowest BCUT2D eigenvalue weighted by Gasteiger charge is -2.14. The molecule has 7 nitrogen and oxygen atoms in total. The van der Waals surface area contributed by atoms with Crippen molar-refractivity contribution in [1.82, 2.24) is 20.3 Å². The fraction of sp³-hybridized carbons (Fsp3) is 0.625. The maximum Gasteiger partial charge on any atom is 0.415 e. The molecule has 0 aliphatic carbocycles. The van der Waals surface area contributed by atoms with Gasteiger partial charge in [-0.2, -0.15) is 13.2 Å². The van der Waals surface area contributed by atoms with Gasteiger partial charge in [-0.3, -0.25) is 4.68 Å². The number of carboxylic acid groups (broad SMARTS) is 1. The zero-order chi connectivity index (χ0) is 13.8. The van der Waals surface area contributed by atoms with Crippen LogP contribution in [0, 0.1) is 0 Å². The number of carbonyl (C=O) groups is 1. The molecule has 1 unspecified atom stereocenters. The minimum Gasteiger partial charge on any atom is -0.476 e. The second-order valence-electron chi connectivity index (χ2n) is 3.43. The summed E-state index contributed by atoms with van der Waals surface area (Å²) in [5, 5.41) is 26.4. The van der Waals surface area contributed by atoms with E-state index in [1.807, 2.05) is 0 Å². The normalized spacial score (nSPS) is 13.6. The molecule has 102 valence electrons. The minimum atomic E-state index is -4.66. The quantitative estimate of drug-likeness (QED) is 0.601. The summed E-state index contributed by atoms with van der Waals surface area (Å²) in [6.45, 7) is -0.398. The Morgan fingerprint density at radius 2 is 2.22 bits per heavy atom. The first-order valence-corrected chi connectivity index (χ1v) is 4.89. The maximum absolute atomic E-state index is 11.9. The van der Waals surface area contributed by atoms with Gasteiger partial charge in [-0.25, -0.2) is 4.79 Å². The van der Waals surface area contributed by atoms with Crippen LogP contribution in [0.3, 0.4) is 0 Å². The van der Waals surface area contributed by atoms with Gasteiger partial charge in [0.1, 0.15) is 0 Å². The molecule has 3 N–H and O–H groups in total. The van der Waals surface area contributed by atoms with Crippen molar-refractivity contribution in [2.24, 2.45) is 0 Å². The first-order chi connectivity index (χ1) is 8.30. The first-order valence-electron chi connectivity index (χ1n) is 4.89. The lowest BCUT2D eigenvalue weighted by molar-refractivity contribution is -0.201. The molecule has 1 aromatic rings. The number of rotatable bonds is 6. The second-order valence-corrected chi connectivity index (χ2v) is 3.43. The van der Waals surface area contributed by atoms with Crippen LogP contribution in [0.25, 0.3) is 0 Å². The van der Waals surface area contributed by atoms with Crippen molar-refractivity contribution >= 4 is 5.97 Å². The predicted octanol–water partition coefficient (Wildman–Crippen LogP) is -0.511. The molecule has 1 heterocycles. The van der Waals surface area contributed by atoms with Crippen LogP contribution in [-0.4, -0.2) is 56.5 Å². The highest BCUT2D eigenvalue weighted by atomic mass is 19.4. The molecule has 0 saturated carbocycles. The Labute approximate surface area is 99.2 Å². The largest absolute Gasteiger partial charge is 0.476 e. The number of aliphatic hydroxyl groups excluding tert-OH is 1. The first kappa shape index (κ1) is 14.4. The van der Waals surface area contributed by atoms with Gasteiger partial charge in [0.2, 0.25) is 0 Å². The van der Waals surface area contributed by atoms with Gasteiger partial charge in [0.15, 0.2) is 11.8 Å². The number of hydrogen-bond acceptors (Lipinski definition) is 5. The zero-order valence-corrected chi connectivity index (χ0v) is 9.05. The Morgan fingerprint density at radius 3 is 2.72 bits per heavy atom. The Kier molecular flexibility index (Phi) is 4.62. The maximum atomic E-state index is 11.9. The van der Waals surface area contributed by atoms with Crippen LogP contribution < -0.4 is 5.32 Å². The van der Waals surface area contributed by atoms with E-state index in [0.29, 0.717) is 0 Å². The molecular weight excluding hydrogens is 257 g/mol. The molecule has 0 aliphatic heterocycles. The van der Waals surface area contributed by atoms with E-state index >= 15 is 0 Å². The molecule has 0 saturated heterocycles. The number of aliphatic hydroxyl groups is 1. The van der Waals surface area contributed by atoms with E-state index < -0.39 is 24.8 Å². The van der Waals surface area contributed by atoms with E-state index in [4.69, 9.17) is 10.2 Å². The molecule has 18 heavy (non-hydrogen) atoms. The van der Waals surface area contributed by atoms with E-state index in [2.05, 4.69) is 15.6 Å². The van der Waals surface area contributed by atoms with Crippen molar-refractivity contribution < 1.29 is 28.2 Å². The monoisotopic (exact) mass is 268 g/mol. The van der Waals surface area contributed by atoms with Gasteiger partial charge in [-0.1, -0.05) is 5.21 Å². The van der Waals surface area contributed by atoms with Crippen LogP contribution in [-0.2, 0) is 6.54 Å². The number of carboxylic acids is 1. The van der Waals surface area contributed by atoms with Crippen LogP contribution in [0.15, 0.2) is 6.20 Å². The lowest BCUT2D eigenvalue weighted by atomic mass is 10.3. The Hall–Kier alpha value is -1.68. The van der Waals surface area contributed by atoms with Crippen molar-refractivity contribution in [3.05, 3.63) is 11.9 Å². The molecule has 0 fully saturated rings. The van der Waals surface area contributed by atoms with Crippen LogP contribution >= 0.6 is 0 Å². The minimum absolute atomic E-state index is 0.0928. The molecule has 0 spiro atoms. The van der Waals surface area contributed by atoms with Crippen LogP contribution in [0.5, 0.6) is 0 Å². The molecular formula is C8H11F3N4O3. The van der Waals surface area contributed by atoms with Gasteiger partial charge in [0.25, 0.3) is 0 Å². The number of halogens is 3. The molecule has 10 heteroatoms. The van der Waals surface area contributed by atoms with Crippen LogP contribution in [0.4, 0.5) is 13.2 Å². The van der Waals surface area contributed by atoms with Gasteiger partial charge in [0, 0.05) is 13.1 Å². The van der Waals surface area contributed by atoms with Crippen LogP contribution in [0.2, 0.25) is 0 Å². The van der Waals surface area contributed by atoms with Crippen molar-refractivity contribution in [2.45, 2.75) is 18.8 Å². The molecule has 0 bridgehead atoms. The van der Waals surface area contributed by atoms with Gasteiger partial charge in [0.05, 0.1) is 12.7 Å². The van der Waals surface area contributed by atoms with Crippen molar-refractivity contribution in [2.75, 3.05) is 13.1 Å². The summed E-state index contributed by atoms with van der Waals surface area (Å²) in [5.41, 5.74) is -0.245. The Bertz CT molecular complexity index is 407. The molecule has 0 aliphatic rings. The van der Waals surface area contributed by atoms with E-state index in [9.17, 15) is 18.0 Å². The standard InChI is InChI=1S/C8H11F3N4O3/c9-8(10,11)6(16)3-12-1-2-15-4-5(7(17)18)13-14-15/h4,6,12,16H,1-3H2,(H,17,18). The number of nitrogens with one attached hydrogen (secondary N) is 1. The third-order valence-electron chi connectivity index (χ3n) is 1.99. The fourth-order valence-electron chi connectivity index (χ4n) is 1.05. The summed E-state index contributed by atoms with van der Waals surface area (Å²) in [6, 6.07) is 0. The summed E-state index contributed by atoms with van der Waals surface area (Å²) in [4.78, 5) is 10.5. The number of hydrogen-bond donors (Lipinski definition) is 3. The van der Waals surface area contributed by atoms with Gasteiger partial charge in [-0.05, 0) is 0 Å². The van der Waals surface area contributed by atoms with E-state index in [-0.39, 0.29) is 18.8 Å². The summed E-state index contributed by atoms with van der Waals surface area (Å²) in [5.74, 6) is -1.23. The number of alkyl halides is 3.